The molecule has 0 atom stereocenters. The third-order valence-electron chi connectivity index (χ3n) is 5.18. The smallest absolute Gasteiger partial charge is 0.256 e. The summed E-state index contributed by atoms with van der Waals surface area (Å²) in [4.78, 5) is 14.3. The Morgan fingerprint density at radius 3 is 2.50 bits per heavy atom. The van der Waals surface area contributed by atoms with Gasteiger partial charge < -0.3 is 15.0 Å². The highest BCUT2D eigenvalue weighted by atomic mass is 19.1. The molecule has 5 heteroatoms. The number of nitrogens with one attached hydrogen (secondary N) is 1. The van der Waals surface area contributed by atoms with Crippen molar-refractivity contribution in [1.29, 1.82) is 0 Å². The number of rotatable bonds is 2. The van der Waals surface area contributed by atoms with Gasteiger partial charge >= 0.3 is 0 Å². The minimum Gasteiger partial charge on any atom is -0.497 e. The van der Waals surface area contributed by atoms with Crippen molar-refractivity contribution >= 4 is 5.91 Å². The van der Waals surface area contributed by atoms with E-state index >= 15 is 0 Å². The molecule has 0 saturated carbocycles. The van der Waals surface area contributed by atoms with E-state index in [1.165, 1.54) is 32.1 Å². The van der Waals surface area contributed by atoms with Gasteiger partial charge in [-0.05, 0) is 56.3 Å². The largest absolute Gasteiger partial charge is 0.497 e. The molecule has 0 aromatic heterocycles. The Labute approximate surface area is 130 Å². The summed E-state index contributed by atoms with van der Waals surface area (Å²) in [5.74, 6) is -0.281. The number of halogens is 1. The van der Waals surface area contributed by atoms with Crippen molar-refractivity contribution in [3.05, 3.63) is 29.6 Å². The summed E-state index contributed by atoms with van der Waals surface area (Å²) in [5.41, 5.74) is 0.530. The fraction of sp³-hybridized carbons (Fsp3) is 0.588. The summed E-state index contributed by atoms with van der Waals surface area (Å²) in [5, 5.41) is 3.39. The number of hydrogen-bond donors (Lipinski definition) is 1. The highest BCUT2D eigenvalue weighted by Crippen LogP contribution is 2.39. The molecule has 0 aliphatic carbocycles. The maximum Gasteiger partial charge on any atom is 0.256 e. The lowest BCUT2D eigenvalue weighted by atomic mass is 9.71. The zero-order chi connectivity index (χ0) is 15.6. The SMILES string of the molecule is COc1ccc(C(=O)N2CCC3(CCNCC3)CC2)c(F)c1. The molecule has 22 heavy (non-hydrogen) atoms. The number of carbonyl (C=O) groups excluding carboxylic acids is 1. The van der Waals surface area contributed by atoms with E-state index in [1.807, 2.05) is 0 Å². The Morgan fingerprint density at radius 1 is 1.23 bits per heavy atom. The second-order valence-electron chi connectivity index (χ2n) is 6.39. The maximum atomic E-state index is 14.1. The van der Waals surface area contributed by atoms with Crippen LogP contribution in [0.15, 0.2) is 18.2 Å². The number of nitrogens with zero attached hydrogens (tertiary/aromatic N) is 1. The van der Waals surface area contributed by atoms with Crippen molar-refractivity contribution in [3.8, 4) is 5.75 Å². The van der Waals surface area contributed by atoms with E-state index in [-0.39, 0.29) is 11.5 Å². The van der Waals surface area contributed by atoms with Crippen LogP contribution in [0.5, 0.6) is 5.75 Å². The van der Waals surface area contributed by atoms with Crippen LogP contribution in [0.2, 0.25) is 0 Å². The molecule has 0 bridgehead atoms. The standard InChI is InChI=1S/C17H23FN2O2/c1-22-13-2-3-14(15(18)12-13)16(21)20-10-6-17(7-11-20)4-8-19-9-5-17/h2-3,12,19H,4-11H2,1H3. The zero-order valence-electron chi connectivity index (χ0n) is 13.0. The van der Waals surface area contributed by atoms with Gasteiger partial charge in [-0.2, -0.15) is 0 Å². The Balaban J connectivity index is 1.67. The van der Waals surface area contributed by atoms with Crippen LogP contribution >= 0.6 is 0 Å². The van der Waals surface area contributed by atoms with Crippen molar-refractivity contribution in [2.75, 3.05) is 33.3 Å². The molecular formula is C17H23FN2O2. The molecule has 1 aromatic rings. The minimum absolute atomic E-state index is 0.141. The molecule has 120 valence electrons. The summed E-state index contributed by atoms with van der Waals surface area (Å²) in [6.07, 6.45) is 4.42. The van der Waals surface area contributed by atoms with Crippen LogP contribution in [0.3, 0.4) is 0 Å². The van der Waals surface area contributed by atoms with Crippen LogP contribution in [0.1, 0.15) is 36.0 Å². The number of methoxy groups -OCH3 is 1. The van der Waals surface area contributed by atoms with E-state index in [9.17, 15) is 9.18 Å². The van der Waals surface area contributed by atoms with E-state index in [4.69, 9.17) is 4.74 Å². The Morgan fingerprint density at radius 2 is 1.91 bits per heavy atom. The molecule has 2 aliphatic rings. The van der Waals surface area contributed by atoms with Crippen LogP contribution in [-0.4, -0.2) is 44.1 Å². The minimum atomic E-state index is -0.508. The van der Waals surface area contributed by atoms with Crippen molar-refractivity contribution < 1.29 is 13.9 Å². The lowest BCUT2D eigenvalue weighted by Gasteiger charge is -2.44. The third-order valence-corrected chi connectivity index (χ3v) is 5.18. The number of piperidine rings is 2. The predicted octanol–water partition coefficient (Wildman–Crippen LogP) is 2.44. The lowest BCUT2D eigenvalue weighted by Crippen LogP contribution is -2.47. The van der Waals surface area contributed by atoms with Crippen molar-refractivity contribution in [1.82, 2.24) is 10.2 Å². The van der Waals surface area contributed by atoms with E-state index in [2.05, 4.69) is 5.32 Å². The van der Waals surface area contributed by atoms with E-state index in [0.717, 1.165) is 39.0 Å². The second kappa shape index (κ2) is 6.24. The molecular weight excluding hydrogens is 283 g/mol. The molecule has 2 fully saturated rings. The summed E-state index contributed by atoms with van der Waals surface area (Å²) < 4.78 is 19.0. The Hall–Kier alpha value is -1.62. The monoisotopic (exact) mass is 306 g/mol. The van der Waals surface area contributed by atoms with Gasteiger partial charge in [0.05, 0.1) is 12.7 Å². The molecule has 0 radical (unpaired) electrons. The van der Waals surface area contributed by atoms with Crippen LogP contribution in [-0.2, 0) is 0 Å². The average Bonchev–Trinajstić information content (AvgIpc) is 2.55. The molecule has 2 saturated heterocycles. The molecule has 1 aromatic carbocycles. The fourth-order valence-electron chi connectivity index (χ4n) is 3.61. The van der Waals surface area contributed by atoms with Crippen LogP contribution in [0.4, 0.5) is 4.39 Å². The highest BCUT2D eigenvalue weighted by Gasteiger charge is 2.37. The normalized spacial score (nSPS) is 20.9. The fourth-order valence-corrected chi connectivity index (χ4v) is 3.61. The van der Waals surface area contributed by atoms with E-state index in [1.54, 1.807) is 11.0 Å². The first-order valence-electron chi connectivity index (χ1n) is 7.97. The van der Waals surface area contributed by atoms with Crippen LogP contribution in [0.25, 0.3) is 0 Å². The maximum absolute atomic E-state index is 14.1. The number of amides is 1. The first-order chi connectivity index (χ1) is 10.6. The van der Waals surface area contributed by atoms with Gasteiger partial charge in [-0.3, -0.25) is 4.79 Å². The van der Waals surface area contributed by atoms with Crippen LogP contribution in [0, 0.1) is 11.2 Å². The average molecular weight is 306 g/mol. The van der Waals surface area contributed by atoms with Crippen LogP contribution < -0.4 is 10.1 Å². The molecule has 4 nitrogen and oxygen atoms in total. The predicted molar refractivity (Wildman–Crippen MR) is 82.6 cm³/mol. The second-order valence-corrected chi connectivity index (χ2v) is 6.39. The molecule has 2 aliphatic heterocycles. The Kier molecular flexibility index (Phi) is 4.34. The van der Waals surface area contributed by atoms with Gasteiger partial charge in [0, 0.05) is 19.2 Å². The van der Waals surface area contributed by atoms with Gasteiger partial charge in [0.2, 0.25) is 0 Å². The van der Waals surface area contributed by atoms with Gasteiger partial charge in [-0.25, -0.2) is 4.39 Å². The third kappa shape index (κ3) is 2.95. The number of ether oxygens (including phenoxy) is 1. The van der Waals surface area contributed by atoms with Gasteiger partial charge in [0.1, 0.15) is 11.6 Å². The summed E-state index contributed by atoms with van der Waals surface area (Å²) >= 11 is 0. The number of hydrogen-bond acceptors (Lipinski definition) is 3. The zero-order valence-corrected chi connectivity index (χ0v) is 13.0. The summed E-state index contributed by atoms with van der Waals surface area (Å²) in [6.45, 7) is 3.59. The first-order valence-corrected chi connectivity index (χ1v) is 7.97. The van der Waals surface area contributed by atoms with Crippen molar-refractivity contribution in [3.63, 3.8) is 0 Å². The number of carbonyl (C=O) groups is 1. The van der Waals surface area contributed by atoms with E-state index in [0.29, 0.717) is 11.2 Å². The molecule has 0 unspecified atom stereocenters. The van der Waals surface area contributed by atoms with Gasteiger partial charge in [0.25, 0.3) is 5.91 Å². The molecule has 1 spiro atoms. The topological polar surface area (TPSA) is 41.6 Å². The number of likely N-dealkylation sites (tertiary alicyclic amines) is 1. The number of benzene rings is 1. The Bertz CT molecular complexity index is 546. The van der Waals surface area contributed by atoms with Crippen molar-refractivity contribution in [2.24, 2.45) is 5.41 Å². The molecule has 2 heterocycles. The highest BCUT2D eigenvalue weighted by molar-refractivity contribution is 5.94. The summed E-state index contributed by atoms with van der Waals surface area (Å²) in [6, 6.07) is 4.42. The quantitative estimate of drug-likeness (QED) is 0.912. The molecule has 1 amide bonds. The molecule has 3 rings (SSSR count). The van der Waals surface area contributed by atoms with E-state index < -0.39 is 5.82 Å². The van der Waals surface area contributed by atoms with Crippen molar-refractivity contribution in [2.45, 2.75) is 25.7 Å². The van der Waals surface area contributed by atoms with Gasteiger partial charge in [-0.15, -0.1) is 0 Å². The lowest BCUT2D eigenvalue weighted by molar-refractivity contribution is 0.0492. The molecule has 1 N–H and O–H groups in total. The van der Waals surface area contributed by atoms with Gasteiger partial charge in [-0.1, -0.05) is 0 Å². The van der Waals surface area contributed by atoms with Gasteiger partial charge in [0.15, 0.2) is 0 Å². The summed E-state index contributed by atoms with van der Waals surface area (Å²) in [7, 11) is 1.49. The first kappa shape index (κ1) is 15.3.